The number of aromatic nitrogens is 1. The van der Waals surface area contributed by atoms with Crippen LogP contribution in [0.15, 0.2) is 36.4 Å². The summed E-state index contributed by atoms with van der Waals surface area (Å²) >= 11 is 1.23. The number of thiophene rings is 1. The Hall–Kier alpha value is -3.00. The van der Waals surface area contributed by atoms with E-state index in [0.717, 1.165) is 30.3 Å². The number of pyridine rings is 1. The molecule has 0 saturated carbocycles. The molecule has 1 saturated heterocycles. The van der Waals surface area contributed by atoms with Crippen molar-refractivity contribution in [1.82, 2.24) is 15.2 Å². The Morgan fingerprint density at radius 1 is 1.24 bits per heavy atom. The predicted molar refractivity (Wildman–Crippen MR) is 111 cm³/mol. The molecule has 0 bridgehead atoms. The van der Waals surface area contributed by atoms with Gasteiger partial charge in [-0.1, -0.05) is 12.1 Å². The van der Waals surface area contributed by atoms with E-state index in [9.17, 15) is 14.0 Å². The molecule has 1 aliphatic rings. The Kier molecular flexibility index (Phi) is 5.19. The van der Waals surface area contributed by atoms with Gasteiger partial charge in [-0.15, -0.1) is 11.3 Å². The first-order valence-electron chi connectivity index (χ1n) is 9.47. The molecule has 4 rings (SSSR count). The van der Waals surface area contributed by atoms with Gasteiger partial charge in [0.1, 0.15) is 15.5 Å². The minimum Gasteiger partial charge on any atom is -0.397 e. The van der Waals surface area contributed by atoms with Gasteiger partial charge in [-0.3, -0.25) is 9.59 Å². The van der Waals surface area contributed by atoms with E-state index in [2.05, 4.69) is 5.32 Å². The number of amides is 2. The third kappa shape index (κ3) is 3.44. The molecule has 3 N–H and O–H groups in total. The van der Waals surface area contributed by atoms with Crippen LogP contribution in [-0.4, -0.2) is 35.3 Å². The maximum atomic E-state index is 14.2. The van der Waals surface area contributed by atoms with E-state index in [-0.39, 0.29) is 23.4 Å². The second-order valence-corrected chi connectivity index (χ2v) is 8.00. The number of hydrogen-bond acceptors (Lipinski definition) is 5. The average Bonchev–Trinajstić information content (AvgIpc) is 3.09. The van der Waals surface area contributed by atoms with Crippen LogP contribution in [-0.2, 0) is 0 Å². The maximum absolute atomic E-state index is 14.2. The summed E-state index contributed by atoms with van der Waals surface area (Å²) in [5.41, 5.74) is 7.32. The molecular weight excluding hydrogens is 391 g/mol. The van der Waals surface area contributed by atoms with Gasteiger partial charge >= 0.3 is 0 Å². The van der Waals surface area contributed by atoms with Gasteiger partial charge in [-0.2, -0.15) is 0 Å². The highest BCUT2D eigenvalue weighted by atomic mass is 32.1. The number of halogens is 1. The van der Waals surface area contributed by atoms with Crippen LogP contribution < -0.4 is 11.1 Å². The molecule has 2 amide bonds. The van der Waals surface area contributed by atoms with Crippen LogP contribution in [0.1, 0.15) is 51.0 Å². The number of rotatable bonds is 3. The molecule has 0 aliphatic carbocycles. The molecule has 3 heterocycles. The number of nitrogen functional groups attached to an aromatic ring is 1. The monoisotopic (exact) mass is 412 g/mol. The highest BCUT2D eigenvalue weighted by molar-refractivity contribution is 7.21. The van der Waals surface area contributed by atoms with Crippen molar-refractivity contribution in [3.63, 3.8) is 0 Å². The number of benzene rings is 1. The first-order chi connectivity index (χ1) is 14.0. The van der Waals surface area contributed by atoms with Crippen LogP contribution >= 0.6 is 11.3 Å². The Bertz CT molecular complexity index is 1100. The second kappa shape index (κ2) is 7.79. The largest absolute Gasteiger partial charge is 0.397 e. The average molecular weight is 412 g/mol. The summed E-state index contributed by atoms with van der Waals surface area (Å²) in [5.74, 6) is -1.10. The van der Waals surface area contributed by atoms with Crippen molar-refractivity contribution >= 4 is 39.1 Å². The predicted octanol–water partition coefficient (Wildman–Crippen LogP) is 3.74. The van der Waals surface area contributed by atoms with Crippen molar-refractivity contribution in [3.8, 4) is 0 Å². The third-order valence-electron chi connectivity index (χ3n) is 5.26. The molecule has 2 aromatic heterocycles. The summed E-state index contributed by atoms with van der Waals surface area (Å²) in [7, 11) is 1.55. The van der Waals surface area contributed by atoms with Crippen LogP contribution in [0.2, 0.25) is 0 Å². The molecule has 6 nitrogen and oxygen atoms in total. The molecule has 0 spiro atoms. The molecule has 1 unspecified atom stereocenters. The van der Waals surface area contributed by atoms with Gasteiger partial charge in [-0.05, 0) is 43.5 Å². The number of fused-ring (bicyclic) bond motifs is 1. The van der Waals surface area contributed by atoms with Crippen LogP contribution in [0.25, 0.3) is 10.2 Å². The van der Waals surface area contributed by atoms with E-state index in [1.54, 1.807) is 24.1 Å². The lowest BCUT2D eigenvalue weighted by Crippen LogP contribution is -2.39. The van der Waals surface area contributed by atoms with Crippen molar-refractivity contribution in [2.24, 2.45) is 0 Å². The topological polar surface area (TPSA) is 88.3 Å². The zero-order valence-electron chi connectivity index (χ0n) is 15.9. The van der Waals surface area contributed by atoms with E-state index in [4.69, 9.17) is 10.7 Å². The smallest absolute Gasteiger partial charge is 0.263 e. The van der Waals surface area contributed by atoms with Crippen molar-refractivity contribution in [3.05, 3.63) is 58.3 Å². The fraction of sp³-hybridized carbons (Fsp3) is 0.286. The number of nitrogens with one attached hydrogen (secondary N) is 1. The summed E-state index contributed by atoms with van der Waals surface area (Å²) in [4.78, 5) is 32.6. The van der Waals surface area contributed by atoms with Crippen molar-refractivity contribution in [1.29, 1.82) is 0 Å². The quantitative estimate of drug-likeness (QED) is 0.686. The van der Waals surface area contributed by atoms with E-state index in [1.165, 1.54) is 23.5 Å². The summed E-state index contributed by atoms with van der Waals surface area (Å²) in [6, 6.07) is 9.48. The van der Waals surface area contributed by atoms with Crippen molar-refractivity contribution in [2.75, 3.05) is 19.3 Å². The van der Waals surface area contributed by atoms with E-state index in [1.807, 2.05) is 12.1 Å². The van der Waals surface area contributed by atoms with Crippen LogP contribution in [0, 0.1) is 5.82 Å². The number of hydrogen-bond donors (Lipinski definition) is 2. The van der Waals surface area contributed by atoms with Crippen LogP contribution in [0.3, 0.4) is 0 Å². The SMILES string of the molecule is CNC(=O)c1sc2nc(C3CCCCN3C(=O)c3ccccc3F)ccc2c1N. The minimum atomic E-state index is -0.522. The fourth-order valence-corrected chi connectivity index (χ4v) is 4.80. The standard InChI is InChI=1S/C21H21FN4O2S/c1-24-19(27)18-17(23)13-9-10-15(25-20(13)29-18)16-8-4-5-11-26(16)21(28)12-6-2-3-7-14(12)22/h2-3,6-7,9-10,16H,4-5,8,11,23H2,1H3,(H,24,27). The normalized spacial score (nSPS) is 16.8. The van der Waals surface area contributed by atoms with Gasteiger partial charge in [0, 0.05) is 19.0 Å². The molecule has 1 atom stereocenters. The summed E-state index contributed by atoms with van der Waals surface area (Å²) in [6.07, 6.45) is 2.58. The minimum absolute atomic E-state index is 0.0720. The lowest BCUT2D eigenvalue weighted by atomic mass is 9.97. The van der Waals surface area contributed by atoms with Gasteiger partial charge in [0.15, 0.2) is 0 Å². The maximum Gasteiger partial charge on any atom is 0.263 e. The van der Waals surface area contributed by atoms with Crippen LogP contribution in [0.4, 0.5) is 10.1 Å². The first kappa shape index (κ1) is 19.3. The number of nitrogens with two attached hydrogens (primary N) is 1. The Morgan fingerprint density at radius 3 is 2.79 bits per heavy atom. The lowest BCUT2D eigenvalue weighted by Gasteiger charge is -2.35. The molecule has 29 heavy (non-hydrogen) atoms. The number of likely N-dealkylation sites (tertiary alicyclic amines) is 1. The number of nitrogens with zero attached hydrogens (tertiary/aromatic N) is 2. The van der Waals surface area contributed by atoms with Crippen LogP contribution in [0.5, 0.6) is 0 Å². The second-order valence-electron chi connectivity index (χ2n) is 7.00. The molecule has 150 valence electrons. The van der Waals surface area contributed by atoms with E-state index < -0.39 is 5.82 Å². The van der Waals surface area contributed by atoms with Gasteiger partial charge < -0.3 is 16.0 Å². The number of anilines is 1. The highest BCUT2D eigenvalue weighted by Gasteiger charge is 2.31. The molecular formula is C21H21FN4O2S. The molecule has 1 aliphatic heterocycles. The molecule has 1 fully saturated rings. The zero-order chi connectivity index (χ0) is 20.5. The summed E-state index contributed by atoms with van der Waals surface area (Å²) < 4.78 is 14.2. The summed E-state index contributed by atoms with van der Waals surface area (Å²) in [5, 5.41) is 3.30. The molecule has 1 aromatic carbocycles. The number of piperidine rings is 1. The molecule has 3 aromatic rings. The Balaban J connectivity index is 1.71. The van der Waals surface area contributed by atoms with E-state index in [0.29, 0.717) is 21.9 Å². The number of carbonyl (C=O) groups is 2. The Morgan fingerprint density at radius 2 is 2.03 bits per heavy atom. The molecule has 0 radical (unpaired) electrons. The fourth-order valence-electron chi connectivity index (χ4n) is 3.75. The van der Waals surface area contributed by atoms with Gasteiger partial charge in [0.2, 0.25) is 0 Å². The van der Waals surface area contributed by atoms with Gasteiger partial charge in [0.25, 0.3) is 11.8 Å². The first-order valence-corrected chi connectivity index (χ1v) is 10.3. The lowest BCUT2D eigenvalue weighted by molar-refractivity contribution is 0.0601. The van der Waals surface area contributed by atoms with E-state index >= 15 is 0 Å². The Labute approximate surface area is 171 Å². The van der Waals surface area contributed by atoms with Crippen molar-refractivity contribution in [2.45, 2.75) is 25.3 Å². The van der Waals surface area contributed by atoms with Gasteiger partial charge in [-0.25, -0.2) is 9.37 Å². The van der Waals surface area contributed by atoms with Crippen molar-refractivity contribution < 1.29 is 14.0 Å². The third-order valence-corrected chi connectivity index (χ3v) is 6.37. The zero-order valence-corrected chi connectivity index (χ0v) is 16.8. The summed E-state index contributed by atoms with van der Waals surface area (Å²) in [6.45, 7) is 0.549. The van der Waals surface area contributed by atoms with Gasteiger partial charge in [0.05, 0.1) is 23.0 Å². The molecule has 8 heteroatoms. The highest BCUT2D eigenvalue weighted by Crippen LogP contribution is 2.36. The number of carbonyl (C=O) groups excluding carboxylic acids is 2.